The Morgan fingerprint density at radius 1 is 1.11 bits per heavy atom. The molecule has 2 atom stereocenters. The van der Waals surface area contributed by atoms with Crippen molar-refractivity contribution in [3.8, 4) is 11.5 Å². The Kier molecular flexibility index (Phi) is 6.71. The van der Waals surface area contributed by atoms with Crippen molar-refractivity contribution in [2.45, 2.75) is 52.7 Å². The van der Waals surface area contributed by atoms with Crippen LogP contribution < -0.4 is 9.47 Å². The van der Waals surface area contributed by atoms with Gasteiger partial charge in [-0.05, 0) is 43.4 Å². The van der Waals surface area contributed by atoms with Gasteiger partial charge in [0.2, 0.25) is 0 Å². The summed E-state index contributed by atoms with van der Waals surface area (Å²) < 4.78 is 16.7. The van der Waals surface area contributed by atoms with Crippen molar-refractivity contribution in [1.29, 1.82) is 0 Å². The van der Waals surface area contributed by atoms with Crippen LogP contribution in [0.3, 0.4) is 0 Å². The second kappa shape index (κ2) is 8.05. The molecule has 1 aromatic carbocycles. The molecule has 0 spiro atoms. The van der Waals surface area contributed by atoms with E-state index in [9.17, 15) is 0 Å². The Balaban J connectivity index is 2.78. The lowest BCUT2D eigenvalue weighted by molar-refractivity contribution is -0.0672. The lowest BCUT2D eigenvalue weighted by Crippen LogP contribution is -2.17. The van der Waals surface area contributed by atoms with Gasteiger partial charge in [0.25, 0.3) is 0 Å². The summed E-state index contributed by atoms with van der Waals surface area (Å²) in [6, 6.07) is 6.11. The van der Waals surface area contributed by atoms with Gasteiger partial charge in [-0.15, -0.1) is 0 Å². The molecule has 19 heavy (non-hydrogen) atoms. The summed E-state index contributed by atoms with van der Waals surface area (Å²) in [4.78, 5) is 0. The quantitative estimate of drug-likeness (QED) is 0.654. The number of hydrogen-bond donors (Lipinski definition) is 0. The Hall–Kier alpha value is -1.22. The number of hydrogen-bond acceptors (Lipinski definition) is 3. The molecule has 3 nitrogen and oxygen atoms in total. The fraction of sp³-hybridized carbons (Fsp3) is 0.625. The summed E-state index contributed by atoms with van der Waals surface area (Å²) in [6.07, 6.45) is 1.83. The Labute approximate surface area is 116 Å². The van der Waals surface area contributed by atoms with Crippen LogP contribution in [0.5, 0.6) is 11.5 Å². The second-order valence-corrected chi connectivity index (χ2v) is 4.78. The summed E-state index contributed by atoms with van der Waals surface area (Å²) in [5, 5.41) is 0. The van der Waals surface area contributed by atoms with Gasteiger partial charge in [-0.2, -0.15) is 0 Å². The van der Waals surface area contributed by atoms with Crippen LogP contribution in [0.1, 0.15) is 52.0 Å². The van der Waals surface area contributed by atoms with E-state index in [4.69, 9.17) is 14.2 Å². The fourth-order valence-electron chi connectivity index (χ4n) is 1.82. The summed E-state index contributed by atoms with van der Waals surface area (Å²) in [7, 11) is 1.67. The third kappa shape index (κ3) is 4.75. The highest BCUT2D eigenvalue weighted by molar-refractivity contribution is 5.43. The molecule has 2 unspecified atom stereocenters. The SMILES string of the molecule is CCCOC(C)Oc1ccc(C(C)CC)cc1OC. The molecule has 0 saturated carbocycles. The molecular formula is C16H26O3. The van der Waals surface area contributed by atoms with Crippen LogP contribution in [0.25, 0.3) is 0 Å². The zero-order valence-corrected chi connectivity index (χ0v) is 12.7. The molecule has 0 N–H and O–H groups in total. The Bertz CT molecular complexity index is 376. The third-order valence-electron chi connectivity index (χ3n) is 3.22. The molecule has 0 saturated heterocycles. The lowest BCUT2D eigenvalue weighted by atomic mass is 9.98. The van der Waals surface area contributed by atoms with Gasteiger partial charge in [0.1, 0.15) is 0 Å². The van der Waals surface area contributed by atoms with Crippen molar-refractivity contribution in [1.82, 2.24) is 0 Å². The molecule has 0 heterocycles. The number of ether oxygens (including phenoxy) is 3. The molecule has 3 heteroatoms. The van der Waals surface area contributed by atoms with E-state index in [2.05, 4.69) is 32.9 Å². The summed E-state index contributed by atoms with van der Waals surface area (Å²) in [5.41, 5.74) is 1.27. The molecule has 1 aromatic rings. The molecule has 0 aliphatic heterocycles. The summed E-state index contributed by atoms with van der Waals surface area (Å²) in [6.45, 7) is 9.07. The molecule has 108 valence electrons. The normalized spacial score (nSPS) is 13.9. The first kappa shape index (κ1) is 15.8. The van der Waals surface area contributed by atoms with E-state index in [-0.39, 0.29) is 6.29 Å². The van der Waals surface area contributed by atoms with E-state index in [1.807, 2.05) is 13.0 Å². The molecule has 0 aliphatic carbocycles. The molecule has 0 aliphatic rings. The van der Waals surface area contributed by atoms with E-state index in [0.717, 1.165) is 24.3 Å². The molecule has 0 aromatic heterocycles. The first-order valence-electron chi connectivity index (χ1n) is 7.08. The van der Waals surface area contributed by atoms with Gasteiger partial charge in [0.15, 0.2) is 17.8 Å². The van der Waals surface area contributed by atoms with Crippen molar-refractivity contribution in [3.63, 3.8) is 0 Å². The smallest absolute Gasteiger partial charge is 0.197 e. The van der Waals surface area contributed by atoms with Crippen molar-refractivity contribution in [3.05, 3.63) is 23.8 Å². The average molecular weight is 266 g/mol. The summed E-state index contributed by atoms with van der Waals surface area (Å²) in [5.74, 6) is 2.03. The van der Waals surface area contributed by atoms with E-state index in [1.165, 1.54) is 5.56 Å². The molecule has 0 fully saturated rings. The average Bonchev–Trinajstić information content (AvgIpc) is 2.44. The van der Waals surface area contributed by atoms with Gasteiger partial charge in [-0.1, -0.05) is 26.8 Å². The highest BCUT2D eigenvalue weighted by atomic mass is 16.7. The maximum atomic E-state index is 5.76. The zero-order valence-electron chi connectivity index (χ0n) is 12.7. The largest absolute Gasteiger partial charge is 0.493 e. The van der Waals surface area contributed by atoms with Crippen LogP contribution in [0.15, 0.2) is 18.2 Å². The van der Waals surface area contributed by atoms with Gasteiger partial charge >= 0.3 is 0 Å². The van der Waals surface area contributed by atoms with Gasteiger partial charge in [-0.25, -0.2) is 0 Å². The van der Waals surface area contributed by atoms with Gasteiger partial charge in [0, 0.05) is 0 Å². The number of benzene rings is 1. The van der Waals surface area contributed by atoms with Crippen LogP contribution >= 0.6 is 0 Å². The van der Waals surface area contributed by atoms with E-state index in [1.54, 1.807) is 7.11 Å². The van der Waals surface area contributed by atoms with E-state index >= 15 is 0 Å². The minimum absolute atomic E-state index is 0.261. The molecule has 1 rings (SSSR count). The van der Waals surface area contributed by atoms with Crippen LogP contribution in [-0.4, -0.2) is 20.0 Å². The fourth-order valence-corrected chi connectivity index (χ4v) is 1.82. The van der Waals surface area contributed by atoms with Crippen LogP contribution in [-0.2, 0) is 4.74 Å². The van der Waals surface area contributed by atoms with Crippen molar-refractivity contribution < 1.29 is 14.2 Å². The monoisotopic (exact) mass is 266 g/mol. The third-order valence-corrected chi connectivity index (χ3v) is 3.22. The van der Waals surface area contributed by atoms with Gasteiger partial charge in [0.05, 0.1) is 13.7 Å². The van der Waals surface area contributed by atoms with Crippen LogP contribution in [0.2, 0.25) is 0 Å². The standard InChI is InChI=1S/C16H26O3/c1-6-10-18-13(4)19-15-9-8-14(12(3)7-2)11-16(15)17-5/h8-9,11-13H,6-7,10H2,1-5H3. The van der Waals surface area contributed by atoms with Crippen LogP contribution in [0, 0.1) is 0 Å². The highest BCUT2D eigenvalue weighted by Gasteiger charge is 2.12. The summed E-state index contributed by atoms with van der Waals surface area (Å²) >= 11 is 0. The topological polar surface area (TPSA) is 27.7 Å². The van der Waals surface area contributed by atoms with Crippen molar-refractivity contribution in [2.24, 2.45) is 0 Å². The van der Waals surface area contributed by atoms with Gasteiger partial charge in [-0.3, -0.25) is 0 Å². The number of methoxy groups -OCH3 is 1. The Morgan fingerprint density at radius 3 is 2.42 bits per heavy atom. The minimum atomic E-state index is -0.261. The first-order valence-corrected chi connectivity index (χ1v) is 7.08. The highest BCUT2D eigenvalue weighted by Crippen LogP contribution is 2.32. The molecular weight excluding hydrogens is 240 g/mol. The zero-order chi connectivity index (χ0) is 14.3. The van der Waals surface area contributed by atoms with Crippen molar-refractivity contribution in [2.75, 3.05) is 13.7 Å². The molecule has 0 bridgehead atoms. The predicted molar refractivity (Wildman–Crippen MR) is 78.0 cm³/mol. The second-order valence-electron chi connectivity index (χ2n) is 4.78. The van der Waals surface area contributed by atoms with Crippen molar-refractivity contribution >= 4 is 0 Å². The van der Waals surface area contributed by atoms with Gasteiger partial charge < -0.3 is 14.2 Å². The molecule has 0 radical (unpaired) electrons. The maximum Gasteiger partial charge on any atom is 0.197 e. The molecule has 0 amide bonds. The number of rotatable bonds is 8. The van der Waals surface area contributed by atoms with E-state index in [0.29, 0.717) is 12.5 Å². The lowest BCUT2D eigenvalue weighted by Gasteiger charge is -2.18. The van der Waals surface area contributed by atoms with Crippen LogP contribution in [0.4, 0.5) is 0 Å². The predicted octanol–water partition coefficient (Wildman–Crippen LogP) is 4.36. The minimum Gasteiger partial charge on any atom is -0.493 e. The maximum absolute atomic E-state index is 5.76. The first-order chi connectivity index (χ1) is 9.12. The van der Waals surface area contributed by atoms with E-state index < -0.39 is 0 Å². The Morgan fingerprint density at radius 2 is 1.84 bits per heavy atom.